The van der Waals surface area contributed by atoms with Gasteiger partial charge in [0.05, 0.1) is 17.9 Å². The molecular formula is C17H19NO2. The molecule has 1 aliphatic heterocycles. The van der Waals surface area contributed by atoms with Gasteiger partial charge in [0.2, 0.25) is 11.8 Å². The number of imide groups is 1. The number of amides is 2. The topological polar surface area (TPSA) is 37.4 Å². The Morgan fingerprint density at radius 2 is 1.55 bits per heavy atom. The first-order valence-corrected chi connectivity index (χ1v) is 7.60. The Morgan fingerprint density at radius 3 is 2.10 bits per heavy atom. The second-order valence-corrected chi connectivity index (χ2v) is 6.52. The van der Waals surface area contributed by atoms with Crippen molar-refractivity contribution in [2.24, 2.45) is 23.7 Å². The van der Waals surface area contributed by atoms with Crippen LogP contribution in [0.3, 0.4) is 0 Å². The van der Waals surface area contributed by atoms with Crippen LogP contribution in [0.2, 0.25) is 0 Å². The normalized spacial score (nSPS) is 36.5. The van der Waals surface area contributed by atoms with Crippen LogP contribution >= 0.6 is 0 Å². The van der Waals surface area contributed by atoms with Crippen LogP contribution in [0.4, 0.5) is 0 Å². The van der Waals surface area contributed by atoms with Crippen molar-refractivity contribution in [3.8, 4) is 0 Å². The molecule has 20 heavy (non-hydrogen) atoms. The number of benzene rings is 1. The van der Waals surface area contributed by atoms with Gasteiger partial charge >= 0.3 is 0 Å². The van der Waals surface area contributed by atoms with Crippen molar-refractivity contribution < 1.29 is 9.59 Å². The van der Waals surface area contributed by atoms with E-state index in [4.69, 9.17) is 0 Å². The van der Waals surface area contributed by atoms with Crippen molar-refractivity contribution in [1.82, 2.24) is 4.90 Å². The molecule has 1 aromatic rings. The maximum Gasteiger partial charge on any atom is 0.233 e. The van der Waals surface area contributed by atoms with Gasteiger partial charge in [0.15, 0.2) is 0 Å². The zero-order valence-electron chi connectivity index (χ0n) is 11.7. The van der Waals surface area contributed by atoms with Crippen LogP contribution in [0.25, 0.3) is 0 Å². The summed E-state index contributed by atoms with van der Waals surface area (Å²) in [5.74, 6) is 1.09. The Morgan fingerprint density at radius 1 is 1.00 bits per heavy atom. The second kappa shape index (κ2) is 4.18. The highest BCUT2D eigenvalue weighted by molar-refractivity contribution is 6.06. The molecule has 1 heterocycles. The van der Waals surface area contributed by atoms with E-state index in [0.717, 1.165) is 24.8 Å². The van der Waals surface area contributed by atoms with Crippen LogP contribution in [-0.4, -0.2) is 16.7 Å². The van der Waals surface area contributed by atoms with Crippen LogP contribution in [0.1, 0.15) is 37.8 Å². The van der Waals surface area contributed by atoms with Crippen LogP contribution in [0, 0.1) is 23.7 Å². The standard InChI is InChI=1S/C17H19NO2/c1-10(11-5-3-2-4-6-11)18-16(19)14-12-7-8-13(9-12)15(14)17(18)20/h2-6,10,12-15H,7-9H2,1H3/t10-,12-,13+,14-,15+/m1/s1. The molecule has 5 atom stereocenters. The Hall–Kier alpha value is -1.64. The summed E-state index contributed by atoms with van der Waals surface area (Å²) in [7, 11) is 0. The van der Waals surface area contributed by atoms with Gasteiger partial charge in [-0.15, -0.1) is 0 Å². The summed E-state index contributed by atoms with van der Waals surface area (Å²) in [6.45, 7) is 1.97. The third-order valence-corrected chi connectivity index (χ3v) is 5.63. The van der Waals surface area contributed by atoms with Gasteiger partial charge in [-0.2, -0.15) is 0 Å². The number of rotatable bonds is 2. The van der Waals surface area contributed by atoms with E-state index in [1.807, 2.05) is 37.3 Å². The lowest BCUT2D eigenvalue weighted by molar-refractivity contribution is -0.143. The maximum absolute atomic E-state index is 12.7. The lowest BCUT2D eigenvalue weighted by Crippen LogP contribution is -2.35. The summed E-state index contributed by atoms with van der Waals surface area (Å²) >= 11 is 0. The van der Waals surface area contributed by atoms with Crippen molar-refractivity contribution in [1.29, 1.82) is 0 Å². The van der Waals surface area contributed by atoms with Crippen LogP contribution in [0.15, 0.2) is 30.3 Å². The Bertz CT molecular complexity index is 540. The van der Waals surface area contributed by atoms with Gasteiger partial charge in [-0.1, -0.05) is 30.3 Å². The first-order chi connectivity index (χ1) is 9.68. The maximum atomic E-state index is 12.7. The van der Waals surface area contributed by atoms with E-state index in [1.165, 1.54) is 0 Å². The summed E-state index contributed by atoms with van der Waals surface area (Å²) in [5.41, 5.74) is 1.04. The first-order valence-electron chi connectivity index (χ1n) is 7.60. The zero-order valence-corrected chi connectivity index (χ0v) is 11.7. The van der Waals surface area contributed by atoms with E-state index < -0.39 is 0 Å². The highest BCUT2D eigenvalue weighted by Gasteiger charge is 2.61. The predicted octanol–water partition coefficient (Wildman–Crippen LogP) is 2.78. The average Bonchev–Trinajstić information content (AvgIpc) is 3.14. The number of carbonyl (C=O) groups is 2. The van der Waals surface area contributed by atoms with Gasteiger partial charge in [0, 0.05) is 0 Å². The highest BCUT2D eigenvalue weighted by atomic mass is 16.2. The minimum Gasteiger partial charge on any atom is -0.275 e. The fourth-order valence-corrected chi connectivity index (χ4v) is 4.69. The van der Waals surface area contributed by atoms with Gasteiger partial charge in [0.25, 0.3) is 0 Å². The number of likely N-dealkylation sites (tertiary alicyclic amines) is 1. The van der Waals surface area contributed by atoms with Gasteiger partial charge < -0.3 is 0 Å². The Labute approximate surface area is 119 Å². The highest BCUT2D eigenvalue weighted by Crippen LogP contribution is 2.57. The second-order valence-electron chi connectivity index (χ2n) is 6.52. The number of hydrogen-bond acceptors (Lipinski definition) is 2. The summed E-state index contributed by atoms with van der Waals surface area (Å²) in [4.78, 5) is 27.0. The van der Waals surface area contributed by atoms with E-state index in [0.29, 0.717) is 11.8 Å². The lowest BCUT2D eigenvalue weighted by Gasteiger charge is -2.24. The predicted molar refractivity (Wildman–Crippen MR) is 74.5 cm³/mol. The molecule has 3 heteroatoms. The largest absolute Gasteiger partial charge is 0.275 e. The van der Waals surface area contributed by atoms with Gasteiger partial charge in [-0.05, 0) is 43.6 Å². The minimum absolute atomic E-state index is 0.00703. The van der Waals surface area contributed by atoms with Crippen molar-refractivity contribution in [3.63, 3.8) is 0 Å². The van der Waals surface area contributed by atoms with Crippen molar-refractivity contribution >= 4 is 11.8 Å². The number of carbonyl (C=O) groups excluding carboxylic acids is 2. The number of fused-ring (bicyclic) bond motifs is 5. The average molecular weight is 269 g/mol. The molecule has 0 N–H and O–H groups in total. The molecular weight excluding hydrogens is 250 g/mol. The first kappa shape index (κ1) is 12.1. The van der Waals surface area contributed by atoms with Crippen molar-refractivity contribution in [2.45, 2.75) is 32.2 Å². The molecule has 2 saturated carbocycles. The molecule has 3 fully saturated rings. The zero-order chi connectivity index (χ0) is 13.9. The van der Waals surface area contributed by atoms with Gasteiger partial charge in [-0.25, -0.2) is 0 Å². The molecule has 0 aromatic heterocycles. The minimum atomic E-state index is -0.138. The van der Waals surface area contributed by atoms with Crippen LogP contribution in [0.5, 0.6) is 0 Å². The molecule has 0 spiro atoms. The summed E-state index contributed by atoms with van der Waals surface area (Å²) in [5, 5.41) is 0. The summed E-state index contributed by atoms with van der Waals surface area (Å²) in [6.07, 6.45) is 3.37. The molecule has 2 amide bonds. The van der Waals surface area contributed by atoms with Gasteiger partial charge in [-0.3, -0.25) is 14.5 Å². The van der Waals surface area contributed by atoms with E-state index in [1.54, 1.807) is 4.90 Å². The summed E-state index contributed by atoms with van der Waals surface area (Å²) in [6, 6.07) is 9.73. The van der Waals surface area contributed by atoms with Crippen molar-refractivity contribution in [3.05, 3.63) is 35.9 Å². The molecule has 2 aliphatic carbocycles. The van der Waals surface area contributed by atoms with Gasteiger partial charge in [0.1, 0.15) is 0 Å². The molecule has 3 nitrogen and oxygen atoms in total. The molecule has 0 unspecified atom stereocenters. The molecule has 104 valence electrons. The van der Waals surface area contributed by atoms with Crippen molar-refractivity contribution in [2.75, 3.05) is 0 Å². The third kappa shape index (κ3) is 1.46. The molecule has 4 rings (SSSR count). The SMILES string of the molecule is C[C@H](c1ccccc1)N1C(=O)[C@@H]2[C@@H]3CC[C@@H](C3)[C@@H]2C1=O. The number of hydrogen-bond donors (Lipinski definition) is 0. The van der Waals surface area contributed by atoms with Crippen LogP contribution in [-0.2, 0) is 9.59 Å². The summed E-state index contributed by atoms with van der Waals surface area (Å²) < 4.78 is 0. The smallest absolute Gasteiger partial charge is 0.233 e. The fourth-order valence-electron chi connectivity index (χ4n) is 4.69. The molecule has 1 saturated heterocycles. The third-order valence-electron chi connectivity index (χ3n) is 5.63. The molecule has 2 bridgehead atoms. The quantitative estimate of drug-likeness (QED) is 0.774. The fraction of sp³-hybridized carbons (Fsp3) is 0.529. The monoisotopic (exact) mass is 269 g/mol. The Kier molecular flexibility index (Phi) is 2.53. The van der Waals surface area contributed by atoms with E-state index in [2.05, 4.69) is 0 Å². The Balaban J connectivity index is 1.67. The molecule has 0 radical (unpaired) electrons. The van der Waals surface area contributed by atoms with E-state index in [-0.39, 0.29) is 29.7 Å². The number of nitrogens with zero attached hydrogens (tertiary/aromatic N) is 1. The van der Waals surface area contributed by atoms with E-state index in [9.17, 15) is 9.59 Å². The van der Waals surface area contributed by atoms with E-state index >= 15 is 0 Å². The molecule has 1 aromatic carbocycles. The van der Waals surface area contributed by atoms with Crippen LogP contribution < -0.4 is 0 Å². The lowest BCUT2D eigenvalue weighted by atomic mass is 9.81. The molecule has 3 aliphatic rings.